The number of rotatable bonds is 1. The van der Waals surface area contributed by atoms with Gasteiger partial charge in [-0.2, -0.15) is 4.99 Å². The highest BCUT2D eigenvalue weighted by Gasteiger charge is 2.20. The van der Waals surface area contributed by atoms with Crippen LogP contribution in [0.25, 0.3) is 0 Å². The zero-order valence-electron chi connectivity index (χ0n) is 9.71. The molecule has 0 bridgehead atoms. The van der Waals surface area contributed by atoms with Gasteiger partial charge in [0.25, 0.3) is 5.91 Å². The van der Waals surface area contributed by atoms with Gasteiger partial charge in [0.1, 0.15) is 5.75 Å². The van der Waals surface area contributed by atoms with E-state index in [0.29, 0.717) is 28.4 Å². The third-order valence-corrected chi connectivity index (χ3v) is 2.74. The molecule has 5 nitrogen and oxygen atoms in total. The molecule has 3 rings (SSSR count). The largest absolute Gasteiger partial charge is 0.454 e. The van der Waals surface area contributed by atoms with Crippen molar-refractivity contribution in [2.45, 2.75) is 0 Å². The maximum atomic E-state index is 12.1. The van der Waals surface area contributed by atoms with Crippen molar-refractivity contribution < 1.29 is 14.3 Å². The molecule has 1 aliphatic heterocycles. The molecule has 92 valence electrons. The average Bonchev–Trinajstić information content (AvgIpc) is 2.56. The molecule has 0 fully saturated rings. The SMILES string of the molecule is O=C=Nc1ccc2c(c1)C(=O)Nc1ccccc1O2. The molecule has 0 saturated carbocycles. The van der Waals surface area contributed by atoms with Gasteiger partial charge in [-0.1, -0.05) is 12.1 Å². The number of carbonyl (C=O) groups is 1. The molecule has 0 spiro atoms. The molecule has 5 heteroatoms. The summed E-state index contributed by atoms with van der Waals surface area (Å²) >= 11 is 0. The summed E-state index contributed by atoms with van der Waals surface area (Å²) in [6.07, 6.45) is 1.44. The Kier molecular flexibility index (Phi) is 2.59. The smallest absolute Gasteiger partial charge is 0.259 e. The van der Waals surface area contributed by atoms with Crippen molar-refractivity contribution in [3.63, 3.8) is 0 Å². The van der Waals surface area contributed by atoms with Crippen LogP contribution in [0.1, 0.15) is 10.4 Å². The lowest BCUT2D eigenvalue weighted by Gasteiger charge is -2.06. The van der Waals surface area contributed by atoms with Gasteiger partial charge in [-0.25, -0.2) is 4.79 Å². The topological polar surface area (TPSA) is 67.8 Å². The van der Waals surface area contributed by atoms with E-state index in [9.17, 15) is 9.59 Å². The molecule has 1 aliphatic rings. The summed E-state index contributed by atoms with van der Waals surface area (Å²) in [7, 11) is 0. The van der Waals surface area contributed by atoms with Crippen molar-refractivity contribution in [1.82, 2.24) is 0 Å². The van der Waals surface area contributed by atoms with Crippen LogP contribution in [0.3, 0.4) is 0 Å². The third-order valence-electron chi connectivity index (χ3n) is 2.74. The Bertz CT molecular complexity index is 718. The minimum absolute atomic E-state index is 0.303. The van der Waals surface area contributed by atoms with Crippen molar-refractivity contribution in [3.05, 3.63) is 48.0 Å². The number of carbonyl (C=O) groups excluding carboxylic acids is 2. The number of para-hydroxylation sites is 2. The molecule has 2 aromatic carbocycles. The average molecular weight is 252 g/mol. The van der Waals surface area contributed by atoms with E-state index in [4.69, 9.17) is 4.74 Å². The van der Waals surface area contributed by atoms with Crippen molar-refractivity contribution >= 4 is 23.4 Å². The van der Waals surface area contributed by atoms with Crippen LogP contribution in [-0.2, 0) is 4.79 Å². The molecular formula is C14H8N2O3. The summed E-state index contributed by atoms with van der Waals surface area (Å²) in [4.78, 5) is 25.8. The van der Waals surface area contributed by atoms with E-state index in [-0.39, 0.29) is 5.91 Å². The van der Waals surface area contributed by atoms with Gasteiger partial charge in [0.2, 0.25) is 6.08 Å². The van der Waals surface area contributed by atoms with Crippen LogP contribution in [0.2, 0.25) is 0 Å². The van der Waals surface area contributed by atoms with Crippen molar-refractivity contribution in [1.29, 1.82) is 0 Å². The molecule has 1 amide bonds. The summed E-state index contributed by atoms with van der Waals surface area (Å²) in [6, 6.07) is 11.8. The number of hydrogen-bond acceptors (Lipinski definition) is 4. The summed E-state index contributed by atoms with van der Waals surface area (Å²) in [6.45, 7) is 0. The molecule has 0 radical (unpaired) electrons. The zero-order chi connectivity index (χ0) is 13.2. The van der Waals surface area contributed by atoms with Crippen molar-refractivity contribution in [2.24, 2.45) is 4.99 Å². The Balaban J connectivity index is 2.13. The molecule has 0 atom stereocenters. The number of isocyanates is 1. The van der Waals surface area contributed by atoms with E-state index >= 15 is 0 Å². The fraction of sp³-hybridized carbons (Fsp3) is 0. The molecule has 19 heavy (non-hydrogen) atoms. The lowest BCUT2D eigenvalue weighted by atomic mass is 10.1. The highest BCUT2D eigenvalue weighted by Crippen LogP contribution is 2.36. The van der Waals surface area contributed by atoms with Crippen LogP contribution in [0, 0.1) is 0 Å². The fourth-order valence-electron chi connectivity index (χ4n) is 1.87. The van der Waals surface area contributed by atoms with Crippen LogP contribution in [0.15, 0.2) is 47.5 Å². The fourth-order valence-corrected chi connectivity index (χ4v) is 1.87. The van der Waals surface area contributed by atoms with Crippen LogP contribution >= 0.6 is 0 Å². The Morgan fingerprint density at radius 1 is 1.11 bits per heavy atom. The van der Waals surface area contributed by atoms with Crippen LogP contribution in [0.5, 0.6) is 11.5 Å². The Morgan fingerprint density at radius 2 is 1.95 bits per heavy atom. The maximum Gasteiger partial charge on any atom is 0.259 e. The molecule has 0 saturated heterocycles. The molecule has 0 unspecified atom stereocenters. The lowest BCUT2D eigenvalue weighted by Crippen LogP contribution is -2.10. The van der Waals surface area contributed by atoms with Crippen molar-refractivity contribution in [3.8, 4) is 11.5 Å². The molecule has 0 aliphatic carbocycles. The first-order chi connectivity index (χ1) is 9.28. The Morgan fingerprint density at radius 3 is 2.79 bits per heavy atom. The highest BCUT2D eigenvalue weighted by molar-refractivity contribution is 6.08. The predicted molar refractivity (Wildman–Crippen MR) is 68.7 cm³/mol. The molecule has 1 N–H and O–H groups in total. The van der Waals surface area contributed by atoms with Gasteiger partial charge in [-0.3, -0.25) is 4.79 Å². The monoisotopic (exact) mass is 252 g/mol. The zero-order valence-corrected chi connectivity index (χ0v) is 9.71. The summed E-state index contributed by atoms with van der Waals surface area (Å²) in [5, 5.41) is 2.74. The van der Waals surface area contributed by atoms with Crippen LogP contribution in [0.4, 0.5) is 11.4 Å². The first-order valence-corrected chi connectivity index (χ1v) is 5.58. The van der Waals surface area contributed by atoms with Gasteiger partial charge >= 0.3 is 0 Å². The second kappa shape index (κ2) is 4.40. The quantitative estimate of drug-likeness (QED) is 0.626. The van der Waals surface area contributed by atoms with Gasteiger partial charge < -0.3 is 10.1 Å². The van der Waals surface area contributed by atoms with Gasteiger partial charge in [-0.15, -0.1) is 0 Å². The summed E-state index contributed by atoms with van der Waals surface area (Å²) < 4.78 is 5.68. The Labute approximate surface area is 108 Å². The minimum Gasteiger partial charge on any atom is -0.454 e. The van der Waals surface area contributed by atoms with E-state index in [2.05, 4.69) is 10.3 Å². The first-order valence-electron chi connectivity index (χ1n) is 5.58. The van der Waals surface area contributed by atoms with Crippen LogP contribution in [-0.4, -0.2) is 12.0 Å². The van der Waals surface area contributed by atoms with Gasteiger partial charge in [0.05, 0.1) is 16.9 Å². The Hall–Kier alpha value is -2.91. The molecular weight excluding hydrogens is 244 g/mol. The van der Waals surface area contributed by atoms with Crippen LogP contribution < -0.4 is 10.1 Å². The number of hydrogen-bond donors (Lipinski definition) is 1. The molecule has 1 heterocycles. The number of benzene rings is 2. The normalized spacial score (nSPS) is 12.1. The van der Waals surface area contributed by atoms with Gasteiger partial charge in [0, 0.05) is 0 Å². The lowest BCUT2D eigenvalue weighted by molar-refractivity contribution is 0.102. The van der Waals surface area contributed by atoms with Gasteiger partial charge in [-0.05, 0) is 30.3 Å². The van der Waals surface area contributed by atoms with Gasteiger partial charge in [0.15, 0.2) is 5.75 Å². The van der Waals surface area contributed by atoms with E-state index in [1.165, 1.54) is 12.1 Å². The number of nitrogens with zero attached hydrogens (tertiary/aromatic N) is 1. The van der Waals surface area contributed by atoms with E-state index in [1.807, 2.05) is 6.07 Å². The van der Waals surface area contributed by atoms with E-state index in [1.54, 1.807) is 30.3 Å². The predicted octanol–water partition coefficient (Wildman–Crippen LogP) is 3.01. The highest BCUT2D eigenvalue weighted by atomic mass is 16.5. The summed E-state index contributed by atoms with van der Waals surface area (Å²) in [5.41, 5.74) is 1.29. The minimum atomic E-state index is -0.303. The maximum absolute atomic E-state index is 12.1. The summed E-state index contributed by atoms with van der Waals surface area (Å²) in [5.74, 6) is 0.691. The molecule has 0 aromatic heterocycles. The number of aliphatic imine (C=N–C) groups is 1. The molecule has 2 aromatic rings. The number of amides is 1. The third kappa shape index (κ3) is 1.99. The van der Waals surface area contributed by atoms with Crippen molar-refractivity contribution in [2.75, 3.05) is 5.32 Å². The number of ether oxygens (including phenoxy) is 1. The first kappa shape index (κ1) is 11.2. The van der Waals surface area contributed by atoms with E-state index < -0.39 is 0 Å². The standard InChI is InChI=1S/C14H8N2O3/c17-8-15-9-5-6-12-10(7-9)14(18)16-11-3-1-2-4-13(11)19-12/h1-7H,(H,16,18). The number of nitrogens with one attached hydrogen (secondary N) is 1. The number of anilines is 1. The second-order valence-electron chi connectivity index (χ2n) is 3.94. The number of fused-ring (bicyclic) bond motifs is 2. The van der Waals surface area contributed by atoms with E-state index in [0.717, 1.165) is 0 Å². The second-order valence-corrected chi connectivity index (χ2v) is 3.94.